The van der Waals surface area contributed by atoms with Crippen LogP contribution in [0.2, 0.25) is 0 Å². The number of amides is 1. The van der Waals surface area contributed by atoms with Gasteiger partial charge in [0.1, 0.15) is 5.71 Å². The van der Waals surface area contributed by atoms with Crippen LogP contribution in [0, 0.1) is 5.92 Å². The van der Waals surface area contributed by atoms with Crippen LogP contribution >= 0.6 is 0 Å². The summed E-state index contributed by atoms with van der Waals surface area (Å²) in [6.07, 6.45) is -2.85. The van der Waals surface area contributed by atoms with Crippen molar-refractivity contribution >= 4 is 11.6 Å². The van der Waals surface area contributed by atoms with Gasteiger partial charge < -0.3 is 5.11 Å². The molecule has 2 rings (SSSR count). The lowest BCUT2D eigenvalue weighted by Crippen LogP contribution is -2.45. The Labute approximate surface area is 119 Å². The minimum absolute atomic E-state index is 0.134. The number of aromatic nitrogens is 1. The molecule has 0 bridgehead atoms. The summed E-state index contributed by atoms with van der Waals surface area (Å²) in [6, 6.07) is 2.71. The molecule has 0 radical (unpaired) electrons. The van der Waals surface area contributed by atoms with Crippen LogP contribution in [0.1, 0.15) is 25.8 Å². The number of carbonyl (C=O) groups excluding carboxylic acids is 1. The van der Waals surface area contributed by atoms with Gasteiger partial charge in [-0.3, -0.25) is 9.78 Å². The quantitative estimate of drug-likeness (QED) is 0.909. The molecule has 1 aliphatic rings. The van der Waals surface area contributed by atoms with Crippen LogP contribution in [-0.4, -0.2) is 32.9 Å². The number of rotatable bonds is 2. The zero-order chi connectivity index (χ0) is 15.8. The average molecular weight is 301 g/mol. The Hall–Kier alpha value is -1.96. The van der Waals surface area contributed by atoms with Crippen molar-refractivity contribution in [2.45, 2.75) is 32.2 Å². The van der Waals surface area contributed by atoms with Gasteiger partial charge >= 0.3 is 6.18 Å². The lowest BCUT2D eigenvalue weighted by atomic mass is 9.97. The van der Waals surface area contributed by atoms with Crippen molar-refractivity contribution in [1.82, 2.24) is 9.99 Å². The van der Waals surface area contributed by atoms with Gasteiger partial charge in [-0.1, -0.05) is 13.8 Å². The van der Waals surface area contributed by atoms with E-state index in [1.807, 2.05) is 0 Å². The molecule has 0 spiro atoms. The highest BCUT2D eigenvalue weighted by atomic mass is 19.4. The van der Waals surface area contributed by atoms with E-state index < -0.39 is 35.9 Å². The predicted molar refractivity (Wildman–Crippen MR) is 67.9 cm³/mol. The summed E-state index contributed by atoms with van der Waals surface area (Å²) in [5.74, 6) is -1.29. The Kier molecular flexibility index (Phi) is 3.75. The normalized spacial score (nSPS) is 22.6. The third-order valence-corrected chi connectivity index (χ3v) is 3.16. The van der Waals surface area contributed by atoms with Crippen LogP contribution in [0.4, 0.5) is 13.2 Å². The van der Waals surface area contributed by atoms with E-state index in [1.54, 1.807) is 0 Å². The number of hydrazone groups is 1. The van der Waals surface area contributed by atoms with Crippen molar-refractivity contribution in [3.8, 4) is 0 Å². The number of hydrogen-bond donors (Lipinski definition) is 1. The van der Waals surface area contributed by atoms with E-state index in [0.29, 0.717) is 5.01 Å². The molecule has 2 heterocycles. The second-order valence-corrected chi connectivity index (χ2v) is 5.08. The Bertz CT molecular complexity index is 572. The van der Waals surface area contributed by atoms with Crippen molar-refractivity contribution in [3.63, 3.8) is 0 Å². The van der Waals surface area contributed by atoms with Crippen LogP contribution in [-0.2, 0) is 10.5 Å². The molecule has 1 aliphatic heterocycles. The largest absolute Gasteiger partial charge is 0.431 e. The van der Waals surface area contributed by atoms with Gasteiger partial charge in [-0.2, -0.15) is 23.3 Å². The van der Waals surface area contributed by atoms with Crippen LogP contribution < -0.4 is 0 Å². The molecule has 1 atom stereocenters. The number of halogens is 3. The van der Waals surface area contributed by atoms with E-state index in [4.69, 9.17) is 0 Å². The first kappa shape index (κ1) is 15.4. The number of aliphatic hydroxyl groups is 1. The van der Waals surface area contributed by atoms with Crippen LogP contribution in [0.25, 0.3) is 0 Å². The third kappa shape index (κ3) is 2.76. The Morgan fingerprint density at radius 2 is 1.95 bits per heavy atom. The molecule has 114 valence electrons. The summed E-state index contributed by atoms with van der Waals surface area (Å²) in [4.78, 5) is 15.8. The zero-order valence-electron chi connectivity index (χ0n) is 11.4. The number of nitrogens with zero attached hydrogens (tertiary/aromatic N) is 3. The van der Waals surface area contributed by atoms with Gasteiger partial charge in [-0.15, -0.1) is 0 Å². The van der Waals surface area contributed by atoms with Gasteiger partial charge in [0.05, 0.1) is 6.42 Å². The van der Waals surface area contributed by atoms with Crippen molar-refractivity contribution in [1.29, 1.82) is 0 Å². The van der Waals surface area contributed by atoms with Gasteiger partial charge in [-0.05, 0) is 12.1 Å². The number of alkyl halides is 3. The van der Waals surface area contributed by atoms with E-state index >= 15 is 0 Å². The molecule has 5 nitrogen and oxygen atoms in total. The highest BCUT2D eigenvalue weighted by Crippen LogP contribution is 2.40. The lowest BCUT2D eigenvalue weighted by molar-refractivity contribution is -0.161. The Morgan fingerprint density at radius 1 is 1.38 bits per heavy atom. The number of hydrogen-bond acceptors (Lipinski definition) is 4. The third-order valence-electron chi connectivity index (χ3n) is 3.16. The molecule has 0 saturated carbocycles. The monoisotopic (exact) mass is 301 g/mol. The highest BCUT2D eigenvalue weighted by molar-refractivity contribution is 5.94. The lowest BCUT2D eigenvalue weighted by Gasteiger charge is -2.32. The molecule has 8 heteroatoms. The molecule has 0 aliphatic carbocycles. The molecule has 1 aromatic heterocycles. The molecule has 1 aromatic rings. The second kappa shape index (κ2) is 5.10. The van der Waals surface area contributed by atoms with Gasteiger partial charge in [0, 0.05) is 23.9 Å². The maximum Gasteiger partial charge on any atom is 0.431 e. The van der Waals surface area contributed by atoms with E-state index in [2.05, 4.69) is 10.1 Å². The topological polar surface area (TPSA) is 65.8 Å². The first-order chi connectivity index (χ1) is 9.66. The van der Waals surface area contributed by atoms with E-state index in [0.717, 1.165) is 0 Å². The molecule has 21 heavy (non-hydrogen) atoms. The fourth-order valence-corrected chi connectivity index (χ4v) is 2.02. The summed E-state index contributed by atoms with van der Waals surface area (Å²) < 4.78 is 38.6. The summed E-state index contributed by atoms with van der Waals surface area (Å²) in [7, 11) is 0. The molecular weight excluding hydrogens is 287 g/mol. The minimum Gasteiger partial charge on any atom is -0.365 e. The standard InChI is InChI=1S/C13H14F3N3O2/c1-8(2)11(20)19-12(21,9-3-5-17-6-4-9)7-10(18-19)13(14,15)16/h3-6,8,21H,7H2,1-2H3/t12-/m1/s1. The van der Waals surface area contributed by atoms with Crippen molar-refractivity contribution in [2.24, 2.45) is 11.0 Å². The van der Waals surface area contributed by atoms with Crippen LogP contribution in [0.15, 0.2) is 29.6 Å². The second-order valence-electron chi connectivity index (χ2n) is 5.08. The van der Waals surface area contributed by atoms with Crippen molar-refractivity contribution < 1.29 is 23.1 Å². The Balaban J connectivity index is 2.48. The summed E-state index contributed by atoms with van der Waals surface area (Å²) in [5.41, 5.74) is -3.19. The fraction of sp³-hybridized carbons (Fsp3) is 0.462. The number of pyridine rings is 1. The molecule has 0 fully saturated rings. The van der Waals surface area contributed by atoms with Crippen LogP contribution in [0.3, 0.4) is 0 Å². The zero-order valence-corrected chi connectivity index (χ0v) is 11.4. The molecule has 0 aromatic carbocycles. The van der Waals surface area contributed by atoms with Gasteiger partial charge in [-0.25, -0.2) is 0 Å². The minimum atomic E-state index is -4.70. The Morgan fingerprint density at radius 3 is 2.43 bits per heavy atom. The van der Waals surface area contributed by atoms with Crippen molar-refractivity contribution in [2.75, 3.05) is 0 Å². The first-order valence-electron chi connectivity index (χ1n) is 6.28. The molecule has 0 unspecified atom stereocenters. The average Bonchev–Trinajstić information content (AvgIpc) is 2.78. The molecule has 1 amide bonds. The van der Waals surface area contributed by atoms with Crippen molar-refractivity contribution in [3.05, 3.63) is 30.1 Å². The predicted octanol–water partition coefficient (Wildman–Crippen LogP) is 2.03. The van der Waals surface area contributed by atoms with Gasteiger partial charge in [0.2, 0.25) is 5.91 Å². The fourth-order valence-electron chi connectivity index (χ4n) is 2.02. The van der Waals surface area contributed by atoms with Gasteiger partial charge in [0.25, 0.3) is 0 Å². The molecular formula is C13H14F3N3O2. The van der Waals surface area contributed by atoms with Crippen LogP contribution in [0.5, 0.6) is 0 Å². The maximum atomic E-state index is 12.9. The smallest absolute Gasteiger partial charge is 0.365 e. The first-order valence-corrected chi connectivity index (χ1v) is 6.28. The maximum absolute atomic E-state index is 12.9. The van der Waals surface area contributed by atoms with E-state index in [1.165, 1.54) is 38.4 Å². The number of carbonyl (C=O) groups is 1. The van der Waals surface area contributed by atoms with Gasteiger partial charge in [0.15, 0.2) is 5.72 Å². The summed E-state index contributed by atoms with van der Waals surface area (Å²) in [6.45, 7) is 3.05. The van der Waals surface area contributed by atoms with E-state index in [-0.39, 0.29) is 5.56 Å². The van der Waals surface area contributed by atoms with E-state index in [9.17, 15) is 23.1 Å². The molecule has 1 N–H and O–H groups in total. The summed E-state index contributed by atoms with van der Waals surface area (Å²) >= 11 is 0. The molecule has 0 saturated heterocycles. The highest BCUT2D eigenvalue weighted by Gasteiger charge is 2.53. The summed E-state index contributed by atoms with van der Waals surface area (Å²) in [5, 5.41) is 14.5. The SMILES string of the molecule is CC(C)C(=O)N1N=C(C(F)(F)F)C[C@@]1(O)c1ccncc1.